The number of amides is 1. The van der Waals surface area contributed by atoms with Gasteiger partial charge in [0, 0.05) is 12.4 Å². The maximum Gasteiger partial charge on any atom is 0.253 e. The molecule has 1 aromatic carbocycles. The second-order valence-corrected chi connectivity index (χ2v) is 5.09. The third-order valence-corrected chi connectivity index (χ3v) is 3.07. The minimum atomic E-state index is -0.160. The molecule has 0 spiro atoms. The Morgan fingerprint density at radius 2 is 2.00 bits per heavy atom. The number of methoxy groups -OCH3 is 1. The molecule has 0 aliphatic carbocycles. The summed E-state index contributed by atoms with van der Waals surface area (Å²) in [6.45, 7) is 4.14. The fourth-order valence-electron chi connectivity index (χ4n) is 1.98. The Bertz CT molecular complexity index is 643. The molecule has 1 heterocycles. The highest BCUT2D eigenvalue weighted by Gasteiger charge is 2.12. The maximum absolute atomic E-state index is 12.1. The fraction of sp³-hybridized carbons (Fsp3) is 0.294. The quantitative estimate of drug-likeness (QED) is 0.891. The van der Waals surface area contributed by atoms with Crippen molar-refractivity contribution in [2.75, 3.05) is 13.7 Å². The third-order valence-electron chi connectivity index (χ3n) is 3.07. The number of carbonyl (C=O) groups is 1. The highest BCUT2D eigenvalue weighted by molar-refractivity contribution is 5.94. The minimum Gasteiger partial charge on any atom is -0.493 e. The molecule has 5 nitrogen and oxygen atoms in total. The first-order valence-corrected chi connectivity index (χ1v) is 7.08. The number of aryl methyl sites for hydroxylation is 1. The van der Waals surface area contributed by atoms with E-state index in [0.29, 0.717) is 23.7 Å². The van der Waals surface area contributed by atoms with Gasteiger partial charge in [0.05, 0.1) is 18.7 Å². The number of carbonyl (C=O) groups excluding carboxylic acids is 1. The zero-order valence-corrected chi connectivity index (χ0v) is 13.0. The van der Waals surface area contributed by atoms with Crippen molar-refractivity contribution in [1.82, 2.24) is 10.3 Å². The van der Waals surface area contributed by atoms with Crippen LogP contribution in [0.15, 0.2) is 42.7 Å². The number of aromatic nitrogens is 1. The molecule has 2 rings (SSSR count). The molecule has 1 N–H and O–H groups in total. The van der Waals surface area contributed by atoms with Gasteiger partial charge in [0.1, 0.15) is 6.61 Å². The van der Waals surface area contributed by atoms with Crippen molar-refractivity contribution in [3.05, 3.63) is 53.9 Å². The molecule has 1 aromatic heterocycles. The van der Waals surface area contributed by atoms with Gasteiger partial charge in [0.15, 0.2) is 11.5 Å². The van der Waals surface area contributed by atoms with Crippen LogP contribution in [0.2, 0.25) is 0 Å². The molecule has 2 aromatic rings. The summed E-state index contributed by atoms with van der Waals surface area (Å²) in [5.74, 6) is 1.17. The summed E-state index contributed by atoms with van der Waals surface area (Å²) in [5, 5.41) is 2.89. The van der Waals surface area contributed by atoms with Crippen molar-refractivity contribution in [1.29, 1.82) is 0 Å². The second kappa shape index (κ2) is 7.45. The van der Waals surface area contributed by atoms with Gasteiger partial charge in [-0.1, -0.05) is 12.1 Å². The topological polar surface area (TPSA) is 60.5 Å². The third kappa shape index (κ3) is 4.22. The minimum absolute atomic E-state index is 0.141. The Hall–Kier alpha value is -2.56. The number of hydrogen-bond donors (Lipinski definition) is 1. The van der Waals surface area contributed by atoms with Crippen molar-refractivity contribution in [3.63, 3.8) is 0 Å². The van der Waals surface area contributed by atoms with Crippen LogP contribution >= 0.6 is 0 Å². The molecule has 1 atom stereocenters. The van der Waals surface area contributed by atoms with Crippen molar-refractivity contribution in [3.8, 4) is 11.5 Å². The van der Waals surface area contributed by atoms with Crippen LogP contribution in [0.1, 0.15) is 22.8 Å². The smallest absolute Gasteiger partial charge is 0.253 e. The van der Waals surface area contributed by atoms with Crippen molar-refractivity contribution in [2.45, 2.75) is 19.9 Å². The van der Waals surface area contributed by atoms with Gasteiger partial charge in [-0.05, 0) is 37.6 Å². The Balaban J connectivity index is 1.90. The number of pyridine rings is 1. The maximum atomic E-state index is 12.1. The Kier molecular flexibility index (Phi) is 5.36. The number of benzene rings is 1. The summed E-state index contributed by atoms with van der Waals surface area (Å²) in [7, 11) is 1.60. The summed E-state index contributed by atoms with van der Waals surface area (Å²) in [6.07, 6.45) is 3.27. The van der Waals surface area contributed by atoms with Gasteiger partial charge in [-0.25, -0.2) is 0 Å². The molecule has 0 aliphatic rings. The first-order chi connectivity index (χ1) is 10.6. The largest absolute Gasteiger partial charge is 0.493 e. The summed E-state index contributed by atoms with van der Waals surface area (Å²) < 4.78 is 10.9. The van der Waals surface area contributed by atoms with E-state index in [0.717, 1.165) is 5.56 Å². The van der Waals surface area contributed by atoms with Gasteiger partial charge in [0.25, 0.3) is 5.91 Å². The van der Waals surface area contributed by atoms with Crippen LogP contribution in [0, 0.1) is 6.92 Å². The van der Waals surface area contributed by atoms with Gasteiger partial charge < -0.3 is 14.8 Å². The predicted molar refractivity (Wildman–Crippen MR) is 84.4 cm³/mol. The monoisotopic (exact) mass is 300 g/mol. The van der Waals surface area contributed by atoms with Gasteiger partial charge in [0.2, 0.25) is 0 Å². The average molecular weight is 300 g/mol. The van der Waals surface area contributed by atoms with Crippen molar-refractivity contribution >= 4 is 5.91 Å². The summed E-state index contributed by atoms with van der Waals surface area (Å²) >= 11 is 0. The number of ether oxygens (including phenoxy) is 2. The number of rotatable bonds is 6. The fourth-order valence-corrected chi connectivity index (χ4v) is 1.98. The van der Waals surface area contributed by atoms with Gasteiger partial charge in [-0.2, -0.15) is 0 Å². The van der Waals surface area contributed by atoms with E-state index in [-0.39, 0.29) is 11.9 Å². The number of nitrogens with one attached hydrogen (secondary N) is 1. The van der Waals surface area contributed by atoms with Crippen LogP contribution in [-0.4, -0.2) is 30.6 Å². The van der Waals surface area contributed by atoms with Crippen molar-refractivity contribution < 1.29 is 14.3 Å². The molecule has 0 saturated carbocycles. The van der Waals surface area contributed by atoms with E-state index >= 15 is 0 Å². The van der Waals surface area contributed by atoms with E-state index in [1.54, 1.807) is 25.6 Å². The van der Waals surface area contributed by atoms with Gasteiger partial charge in [-0.15, -0.1) is 0 Å². The molecule has 0 bridgehead atoms. The van der Waals surface area contributed by atoms with Crippen LogP contribution in [-0.2, 0) is 0 Å². The molecule has 1 amide bonds. The van der Waals surface area contributed by atoms with E-state index < -0.39 is 0 Å². The summed E-state index contributed by atoms with van der Waals surface area (Å²) in [6, 6.07) is 9.07. The van der Waals surface area contributed by atoms with E-state index in [2.05, 4.69) is 10.3 Å². The molecule has 0 fully saturated rings. The molecule has 1 unspecified atom stereocenters. The van der Waals surface area contributed by atoms with E-state index in [9.17, 15) is 4.79 Å². The SMILES string of the molecule is COc1ccccc1OCC(C)NC(=O)c1cncc(C)c1. The lowest BCUT2D eigenvalue weighted by molar-refractivity contribution is 0.0926. The number of nitrogens with zero attached hydrogens (tertiary/aromatic N) is 1. The van der Waals surface area contributed by atoms with E-state index in [4.69, 9.17) is 9.47 Å². The van der Waals surface area contributed by atoms with Crippen LogP contribution < -0.4 is 14.8 Å². The average Bonchev–Trinajstić information content (AvgIpc) is 2.53. The highest BCUT2D eigenvalue weighted by Crippen LogP contribution is 2.25. The van der Waals surface area contributed by atoms with Crippen LogP contribution in [0.3, 0.4) is 0 Å². The first-order valence-electron chi connectivity index (χ1n) is 7.08. The normalized spacial score (nSPS) is 11.6. The molecule has 0 saturated heterocycles. The molecule has 0 radical (unpaired) electrons. The molecule has 0 aliphatic heterocycles. The lowest BCUT2D eigenvalue weighted by Crippen LogP contribution is -2.36. The zero-order valence-electron chi connectivity index (χ0n) is 13.0. The van der Waals surface area contributed by atoms with Crippen LogP contribution in [0.4, 0.5) is 0 Å². The highest BCUT2D eigenvalue weighted by atomic mass is 16.5. The Morgan fingerprint density at radius 3 is 2.68 bits per heavy atom. The lowest BCUT2D eigenvalue weighted by atomic mass is 10.2. The van der Waals surface area contributed by atoms with Gasteiger partial charge >= 0.3 is 0 Å². The van der Waals surface area contributed by atoms with Crippen molar-refractivity contribution in [2.24, 2.45) is 0 Å². The number of hydrogen-bond acceptors (Lipinski definition) is 4. The Labute approximate surface area is 130 Å². The molecular weight excluding hydrogens is 280 g/mol. The van der Waals surface area contributed by atoms with Crippen LogP contribution in [0.25, 0.3) is 0 Å². The Morgan fingerprint density at radius 1 is 1.27 bits per heavy atom. The number of para-hydroxylation sites is 2. The molecule has 116 valence electrons. The molecule has 22 heavy (non-hydrogen) atoms. The summed E-state index contributed by atoms with van der Waals surface area (Å²) in [5.41, 5.74) is 1.50. The van der Waals surface area contributed by atoms with Crippen LogP contribution in [0.5, 0.6) is 11.5 Å². The van der Waals surface area contributed by atoms with Gasteiger partial charge in [-0.3, -0.25) is 9.78 Å². The first kappa shape index (κ1) is 15.8. The summed E-state index contributed by atoms with van der Waals surface area (Å²) in [4.78, 5) is 16.1. The second-order valence-electron chi connectivity index (χ2n) is 5.09. The van der Waals surface area contributed by atoms with E-state index in [1.165, 1.54) is 0 Å². The zero-order chi connectivity index (χ0) is 15.9. The lowest BCUT2D eigenvalue weighted by Gasteiger charge is -2.16. The van der Waals surface area contributed by atoms with E-state index in [1.807, 2.05) is 38.1 Å². The standard InChI is InChI=1S/C17H20N2O3/c1-12-8-14(10-18-9-12)17(20)19-13(2)11-22-16-7-5-4-6-15(16)21-3/h4-10,13H,11H2,1-3H3,(H,19,20). The molecular formula is C17H20N2O3. The predicted octanol–water partition coefficient (Wildman–Crippen LogP) is 2.60. The molecule has 5 heteroatoms.